The van der Waals surface area contributed by atoms with Gasteiger partial charge in [-0.15, -0.1) is 0 Å². The van der Waals surface area contributed by atoms with Crippen LogP contribution in [-0.4, -0.2) is 35.0 Å². The van der Waals surface area contributed by atoms with E-state index in [9.17, 15) is 9.59 Å². The summed E-state index contributed by atoms with van der Waals surface area (Å²) in [6.45, 7) is 2.86. The molecule has 1 aliphatic heterocycles. The van der Waals surface area contributed by atoms with E-state index in [4.69, 9.17) is 5.11 Å². The second-order valence-electron chi connectivity index (χ2n) is 4.87. The molecule has 0 bridgehead atoms. The van der Waals surface area contributed by atoms with Crippen LogP contribution in [0.3, 0.4) is 0 Å². The molecule has 0 radical (unpaired) electrons. The Kier molecular flexibility index (Phi) is 4.24. The standard InChI is InChI=1S/C14H16BrNO3/c1-9-4-2-6-11(12(9)15)13(17)16-7-3-5-10(8-16)14(18)19/h2,4,6,10H,3,5,7-8H2,1H3,(H,18,19)/t10-/m0/s1. The van der Waals surface area contributed by atoms with E-state index in [2.05, 4.69) is 15.9 Å². The van der Waals surface area contributed by atoms with Gasteiger partial charge in [-0.3, -0.25) is 9.59 Å². The monoisotopic (exact) mass is 325 g/mol. The fourth-order valence-corrected chi connectivity index (χ4v) is 2.78. The molecule has 0 aromatic heterocycles. The minimum absolute atomic E-state index is 0.0958. The predicted molar refractivity (Wildman–Crippen MR) is 75.1 cm³/mol. The first-order valence-electron chi connectivity index (χ1n) is 6.28. The van der Waals surface area contributed by atoms with E-state index in [1.165, 1.54) is 0 Å². The molecule has 1 atom stereocenters. The number of hydrogen-bond acceptors (Lipinski definition) is 2. The summed E-state index contributed by atoms with van der Waals surface area (Å²) in [5.41, 5.74) is 1.60. The van der Waals surface area contributed by atoms with Gasteiger partial charge in [0.15, 0.2) is 0 Å². The molecule has 1 N–H and O–H groups in total. The number of likely N-dealkylation sites (tertiary alicyclic amines) is 1. The topological polar surface area (TPSA) is 57.6 Å². The minimum atomic E-state index is -0.819. The molecule has 1 saturated heterocycles. The van der Waals surface area contributed by atoms with Crippen LogP contribution in [-0.2, 0) is 4.79 Å². The van der Waals surface area contributed by atoms with Gasteiger partial charge in [0, 0.05) is 17.6 Å². The van der Waals surface area contributed by atoms with Gasteiger partial charge in [0.25, 0.3) is 5.91 Å². The first-order chi connectivity index (χ1) is 9.00. The molecule has 1 aromatic rings. The Morgan fingerprint density at radius 2 is 2.16 bits per heavy atom. The van der Waals surface area contributed by atoms with Gasteiger partial charge in [-0.1, -0.05) is 12.1 Å². The van der Waals surface area contributed by atoms with Crippen LogP contribution in [0, 0.1) is 12.8 Å². The van der Waals surface area contributed by atoms with Crippen LogP contribution in [0.1, 0.15) is 28.8 Å². The maximum absolute atomic E-state index is 12.4. The zero-order valence-corrected chi connectivity index (χ0v) is 12.3. The number of piperidine rings is 1. The maximum atomic E-state index is 12.4. The number of benzene rings is 1. The van der Waals surface area contributed by atoms with E-state index in [0.717, 1.165) is 16.5 Å². The summed E-state index contributed by atoms with van der Waals surface area (Å²) in [6, 6.07) is 5.53. The Morgan fingerprint density at radius 3 is 2.84 bits per heavy atom. The molecule has 0 unspecified atom stereocenters. The molecule has 5 heteroatoms. The smallest absolute Gasteiger partial charge is 0.308 e. The molecule has 1 aromatic carbocycles. The molecule has 1 fully saturated rings. The summed E-state index contributed by atoms with van der Waals surface area (Å²) >= 11 is 3.43. The van der Waals surface area contributed by atoms with Gasteiger partial charge >= 0.3 is 5.97 Å². The summed E-state index contributed by atoms with van der Waals surface area (Å²) in [6.07, 6.45) is 1.39. The SMILES string of the molecule is Cc1cccc(C(=O)N2CCC[C@H](C(=O)O)C2)c1Br. The number of aliphatic carboxylic acids is 1. The van der Waals surface area contributed by atoms with Crippen molar-refractivity contribution in [3.63, 3.8) is 0 Å². The van der Waals surface area contributed by atoms with Crippen molar-refractivity contribution in [1.29, 1.82) is 0 Å². The summed E-state index contributed by atoms with van der Waals surface area (Å²) in [7, 11) is 0. The third-order valence-corrected chi connectivity index (χ3v) is 4.53. The van der Waals surface area contributed by atoms with Crippen LogP contribution in [0.2, 0.25) is 0 Å². The number of carboxylic acid groups (broad SMARTS) is 1. The van der Waals surface area contributed by atoms with Gasteiger partial charge < -0.3 is 10.0 Å². The minimum Gasteiger partial charge on any atom is -0.481 e. The van der Waals surface area contributed by atoms with E-state index in [0.29, 0.717) is 25.1 Å². The highest BCUT2D eigenvalue weighted by Gasteiger charge is 2.29. The van der Waals surface area contributed by atoms with Gasteiger partial charge in [-0.2, -0.15) is 0 Å². The van der Waals surface area contributed by atoms with Crippen LogP contribution in [0.4, 0.5) is 0 Å². The Labute approximate surface area is 120 Å². The van der Waals surface area contributed by atoms with Gasteiger partial charge in [-0.05, 0) is 47.3 Å². The molecular weight excluding hydrogens is 310 g/mol. The molecule has 0 aliphatic carbocycles. The number of halogens is 1. The summed E-state index contributed by atoms with van der Waals surface area (Å²) in [4.78, 5) is 25.1. The average Bonchev–Trinajstić information content (AvgIpc) is 2.41. The number of carbonyl (C=O) groups is 2. The summed E-state index contributed by atoms with van der Waals surface area (Å²) < 4.78 is 0.789. The van der Waals surface area contributed by atoms with E-state index in [1.807, 2.05) is 19.1 Å². The third-order valence-electron chi connectivity index (χ3n) is 3.48. The van der Waals surface area contributed by atoms with Crippen molar-refractivity contribution in [2.75, 3.05) is 13.1 Å². The molecule has 102 valence electrons. The molecule has 2 rings (SSSR count). The van der Waals surface area contributed by atoms with Gasteiger partial charge in [0.05, 0.1) is 11.5 Å². The molecule has 1 amide bonds. The molecule has 4 nitrogen and oxygen atoms in total. The zero-order chi connectivity index (χ0) is 14.0. The highest BCUT2D eigenvalue weighted by atomic mass is 79.9. The van der Waals surface area contributed by atoms with Crippen molar-refractivity contribution in [1.82, 2.24) is 4.90 Å². The molecule has 0 spiro atoms. The summed E-state index contributed by atoms with van der Waals surface area (Å²) in [5, 5.41) is 9.06. The second-order valence-corrected chi connectivity index (χ2v) is 5.66. The van der Waals surface area contributed by atoms with Crippen LogP contribution in [0.15, 0.2) is 22.7 Å². The lowest BCUT2D eigenvalue weighted by Crippen LogP contribution is -2.42. The number of hydrogen-bond donors (Lipinski definition) is 1. The number of amides is 1. The van der Waals surface area contributed by atoms with Gasteiger partial charge in [0.2, 0.25) is 0 Å². The van der Waals surface area contributed by atoms with Crippen molar-refractivity contribution >= 4 is 27.8 Å². The Balaban J connectivity index is 2.19. The lowest BCUT2D eigenvalue weighted by Gasteiger charge is -2.31. The average molecular weight is 326 g/mol. The largest absolute Gasteiger partial charge is 0.481 e. The Morgan fingerprint density at radius 1 is 1.42 bits per heavy atom. The van der Waals surface area contributed by atoms with Crippen molar-refractivity contribution in [2.24, 2.45) is 5.92 Å². The molecule has 0 saturated carbocycles. The Hall–Kier alpha value is -1.36. The van der Waals surface area contributed by atoms with E-state index in [1.54, 1.807) is 11.0 Å². The van der Waals surface area contributed by atoms with E-state index < -0.39 is 11.9 Å². The van der Waals surface area contributed by atoms with Gasteiger partial charge in [-0.25, -0.2) is 0 Å². The fraction of sp³-hybridized carbons (Fsp3) is 0.429. The lowest BCUT2D eigenvalue weighted by atomic mass is 9.97. The lowest BCUT2D eigenvalue weighted by molar-refractivity contribution is -0.143. The van der Waals surface area contributed by atoms with Crippen LogP contribution < -0.4 is 0 Å². The zero-order valence-electron chi connectivity index (χ0n) is 10.7. The van der Waals surface area contributed by atoms with Crippen LogP contribution in [0.25, 0.3) is 0 Å². The van der Waals surface area contributed by atoms with E-state index in [-0.39, 0.29) is 5.91 Å². The number of nitrogens with zero attached hydrogens (tertiary/aromatic N) is 1. The number of aryl methyl sites for hydroxylation is 1. The fourth-order valence-electron chi connectivity index (χ4n) is 2.35. The molecule has 1 heterocycles. The highest BCUT2D eigenvalue weighted by molar-refractivity contribution is 9.10. The molecule has 19 heavy (non-hydrogen) atoms. The van der Waals surface area contributed by atoms with Crippen LogP contribution >= 0.6 is 15.9 Å². The highest BCUT2D eigenvalue weighted by Crippen LogP contribution is 2.25. The third kappa shape index (κ3) is 2.97. The molecule has 1 aliphatic rings. The molecular formula is C14H16BrNO3. The number of rotatable bonds is 2. The predicted octanol–water partition coefficient (Wildman–Crippen LogP) is 2.69. The second kappa shape index (κ2) is 5.74. The van der Waals surface area contributed by atoms with Crippen LogP contribution in [0.5, 0.6) is 0 Å². The maximum Gasteiger partial charge on any atom is 0.308 e. The Bertz CT molecular complexity index is 515. The van der Waals surface area contributed by atoms with Crippen molar-refractivity contribution in [3.05, 3.63) is 33.8 Å². The quantitative estimate of drug-likeness (QED) is 0.909. The summed E-state index contributed by atoms with van der Waals surface area (Å²) in [5.74, 6) is -1.36. The normalized spacial score (nSPS) is 19.3. The van der Waals surface area contributed by atoms with Crippen molar-refractivity contribution in [3.8, 4) is 0 Å². The number of carbonyl (C=O) groups excluding carboxylic acids is 1. The van der Waals surface area contributed by atoms with Gasteiger partial charge in [0.1, 0.15) is 0 Å². The first kappa shape index (κ1) is 14.1. The first-order valence-corrected chi connectivity index (χ1v) is 7.07. The van der Waals surface area contributed by atoms with Crippen molar-refractivity contribution < 1.29 is 14.7 Å². The van der Waals surface area contributed by atoms with E-state index >= 15 is 0 Å². The number of carboxylic acids is 1. The van der Waals surface area contributed by atoms with Crippen molar-refractivity contribution in [2.45, 2.75) is 19.8 Å².